The SMILES string of the molecule is O=C(NC1CCCC1CO)c1ccnc(F)c1F. The molecule has 1 heterocycles. The van der Waals surface area contributed by atoms with E-state index in [0.29, 0.717) is 0 Å². The number of carbonyl (C=O) groups is 1. The van der Waals surface area contributed by atoms with Crippen molar-refractivity contribution in [2.24, 2.45) is 5.92 Å². The van der Waals surface area contributed by atoms with Crippen molar-refractivity contribution in [3.63, 3.8) is 0 Å². The molecule has 1 aromatic rings. The average Bonchev–Trinajstić information content (AvgIpc) is 2.79. The molecule has 1 amide bonds. The average molecular weight is 256 g/mol. The van der Waals surface area contributed by atoms with E-state index in [1.54, 1.807) is 0 Å². The third-order valence-electron chi connectivity index (χ3n) is 3.30. The van der Waals surface area contributed by atoms with Gasteiger partial charge in [0.1, 0.15) is 0 Å². The Labute approximate surface area is 103 Å². The van der Waals surface area contributed by atoms with Gasteiger partial charge in [0.15, 0.2) is 5.82 Å². The monoisotopic (exact) mass is 256 g/mol. The van der Waals surface area contributed by atoms with Crippen LogP contribution >= 0.6 is 0 Å². The van der Waals surface area contributed by atoms with Crippen LogP contribution in [0, 0.1) is 17.7 Å². The number of hydrogen-bond acceptors (Lipinski definition) is 3. The Balaban J connectivity index is 2.10. The molecular formula is C12H14F2N2O2. The first-order valence-corrected chi connectivity index (χ1v) is 5.85. The predicted octanol–water partition coefficient (Wildman–Crippen LogP) is 1.25. The van der Waals surface area contributed by atoms with E-state index in [9.17, 15) is 13.6 Å². The molecule has 2 N–H and O–H groups in total. The number of halogens is 2. The smallest absolute Gasteiger partial charge is 0.254 e. The molecule has 18 heavy (non-hydrogen) atoms. The molecule has 2 atom stereocenters. The Bertz CT molecular complexity index is 454. The minimum absolute atomic E-state index is 0.0105. The first-order chi connectivity index (χ1) is 8.63. The van der Waals surface area contributed by atoms with Crippen LogP contribution in [-0.4, -0.2) is 28.6 Å². The van der Waals surface area contributed by atoms with Gasteiger partial charge in [-0.2, -0.15) is 4.39 Å². The molecular weight excluding hydrogens is 242 g/mol. The van der Waals surface area contributed by atoms with Gasteiger partial charge >= 0.3 is 0 Å². The minimum Gasteiger partial charge on any atom is -0.396 e. The number of aromatic nitrogens is 1. The third kappa shape index (κ3) is 2.48. The van der Waals surface area contributed by atoms with Crippen LogP contribution in [-0.2, 0) is 0 Å². The molecule has 6 heteroatoms. The van der Waals surface area contributed by atoms with E-state index in [1.807, 2.05) is 0 Å². The van der Waals surface area contributed by atoms with Gasteiger partial charge in [-0.25, -0.2) is 9.37 Å². The lowest BCUT2D eigenvalue weighted by Gasteiger charge is -2.19. The van der Waals surface area contributed by atoms with Crippen LogP contribution in [0.2, 0.25) is 0 Å². The van der Waals surface area contributed by atoms with Crippen LogP contribution in [0.25, 0.3) is 0 Å². The summed E-state index contributed by atoms with van der Waals surface area (Å²) in [5.41, 5.74) is -0.355. The molecule has 1 aromatic heterocycles. The summed E-state index contributed by atoms with van der Waals surface area (Å²) in [7, 11) is 0. The van der Waals surface area contributed by atoms with Crippen molar-refractivity contribution in [3.8, 4) is 0 Å². The van der Waals surface area contributed by atoms with Crippen molar-refractivity contribution >= 4 is 5.91 Å². The van der Waals surface area contributed by atoms with Crippen molar-refractivity contribution in [2.75, 3.05) is 6.61 Å². The zero-order valence-corrected chi connectivity index (χ0v) is 9.70. The maximum absolute atomic E-state index is 13.4. The van der Waals surface area contributed by atoms with E-state index in [0.717, 1.165) is 31.5 Å². The van der Waals surface area contributed by atoms with Gasteiger partial charge < -0.3 is 10.4 Å². The van der Waals surface area contributed by atoms with Crippen LogP contribution < -0.4 is 5.32 Å². The van der Waals surface area contributed by atoms with Gasteiger partial charge in [-0.1, -0.05) is 6.42 Å². The molecule has 0 aromatic carbocycles. The maximum Gasteiger partial charge on any atom is 0.254 e. The lowest BCUT2D eigenvalue weighted by atomic mass is 10.0. The summed E-state index contributed by atoms with van der Waals surface area (Å²) < 4.78 is 26.2. The van der Waals surface area contributed by atoms with Crippen LogP contribution in [0.15, 0.2) is 12.3 Å². The molecule has 0 aliphatic heterocycles. The van der Waals surface area contributed by atoms with Crippen LogP contribution in [0.4, 0.5) is 8.78 Å². The number of amides is 1. The molecule has 0 radical (unpaired) electrons. The molecule has 1 aliphatic carbocycles. The molecule has 1 saturated carbocycles. The van der Waals surface area contributed by atoms with E-state index < -0.39 is 17.7 Å². The van der Waals surface area contributed by atoms with Crippen molar-refractivity contribution in [1.82, 2.24) is 10.3 Å². The van der Waals surface area contributed by atoms with Gasteiger partial charge in [-0.15, -0.1) is 0 Å². The topological polar surface area (TPSA) is 62.2 Å². The fourth-order valence-electron chi connectivity index (χ4n) is 2.29. The number of hydrogen-bond donors (Lipinski definition) is 2. The standard InChI is InChI=1S/C12H14F2N2O2/c13-10-8(4-5-15-11(10)14)12(18)16-9-3-1-2-7(9)6-17/h4-5,7,9,17H,1-3,6H2,(H,16,18). The lowest BCUT2D eigenvalue weighted by molar-refractivity contribution is 0.0910. The molecule has 2 unspecified atom stereocenters. The van der Waals surface area contributed by atoms with Gasteiger partial charge in [-0.3, -0.25) is 4.79 Å². The second-order valence-electron chi connectivity index (χ2n) is 4.42. The predicted molar refractivity (Wildman–Crippen MR) is 59.8 cm³/mol. The Morgan fingerprint density at radius 2 is 2.28 bits per heavy atom. The van der Waals surface area contributed by atoms with Crippen LogP contribution in [0.3, 0.4) is 0 Å². The lowest BCUT2D eigenvalue weighted by Crippen LogP contribution is -2.39. The molecule has 4 nitrogen and oxygen atoms in total. The minimum atomic E-state index is -1.28. The maximum atomic E-state index is 13.4. The first-order valence-electron chi connectivity index (χ1n) is 5.85. The number of aliphatic hydroxyl groups excluding tert-OH is 1. The fraction of sp³-hybridized carbons (Fsp3) is 0.500. The van der Waals surface area contributed by atoms with Crippen LogP contribution in [0.5, 0.6) is 0 Å². The van der Waals surface area contributed by atoms with Crippen molar-refractivity contribution in [3.05, 3.63) is 29.6 Å². The highest BCUT2D eigenvalue weighted by Gasteiger charge is 2.29. The zero-order valence-electron chi connectivity index (χ0n) is 9.70. The molecule has 2 rings (SSSR count). The second kappa shape index (κ2) is 5.39. The third-order valence-corrected chi connectivity index (χ3v) is 3.30. The Hall–Kier alpha value is -1.56. The summed E-state index contributed by atoms with van der Waals surface area (Å²) in [6.07, 6.45) is 3.52. The summed E-state index contributed by atoms with van der Waals surface area (Å²) in [5.74, 6) is -3.20. The Kier molecular flexibility index (Phi) is 3.86. The highest BCUT2D eigenvalue weighted by molar-refractivity contribution is 5.94. The molecule has 0 bridgehead atoms. The van der Waals surface area contributed by atoms with Gasteiger partial charge in [0.2, 0.25) is 5.95 Å². The van der Waals surface area contributed by atoms with Gasteiger partial charge in [0.25, 0.3) is 5.91 Å². The summed E-state index contributed by atoms with van der Waals surface area (Å²) in [6.45, 7) is -0.0157. The summed E-state index contributed by atoms with van der Waals surface area (Å²) in [4.78, 5) is 14.9. The first kappa shape index (κ1) is 12.9. The molecule has 0 saturated heterocycles. The summed E-state index contributed by atoms with van der Waals surface area (Å²) in [5, 5.41) is 11.8. The number of carbonyl (C=O) groups excluding carboxylic acids is 1. The molecule has 0 spiro atoms. The number of nitrogens with zero attached hydrogens (tertiary/aromatic N) is 1. The quantitative estimate of drug-likeness (QED) is 0.800. The highest BCUT2D eigenvalue weighted by atomic mass is 19.2. The van der Waals surface area contributed by atoms with Gasteiger partial charge in [0, 0.05) is 24.8 Å². The number of rotatable bonds is 3. The number of pyridine rings is 1. The van der Waals surface area contributed by atoms with E-state index in [-0.39, 0.29) is 24.1 Å². The molecule has 1 aliphatic rings. The normalized spacial score (nSPS) is 23.1. The fourth-order valence-corrected chi connectivity index (χ4v) is 2.29. The highest BCUT2D eigenvalue weighted by Crippen LogP contribution is 2.25. The summed E-state index contributed by atoms with van der Waals surface area (Å²) in [6, 6.07) is 0.953. The number of nitrogens with one attached hydrogen (secondary N) is 1. The van der Waals surface area contributed by atoms with Gasteiger partial charge in [0.05, 0.1) is 5.56 Å². The van der Waals surface area contributed by atoms with E-state index in [4.69, 9.17) is 5.11 Å². The van der Waals surface area contributed by atoms with Gasteiger partial charge in [-0.05, 0) is 18.9 Å². The molecule has 1 fully saturated rings. The van der Waals surface area contributed by atoms with Crippen molar-refractivity contribution in [2.45, 2.75) is 25.3 Å². The van der Waals surface area contributed by atoms with Crippen molar-refractivity contribution in [1.29, 1.82) is 0 Å². The summed E-state index contributed by atoms with van der Waals surface area (Å²) >= 11 is 0. The zero-order chi connectivity index (χ0) is 13.1. The largest absolute Gasteiger partial charge is 0.396 e. The van der Waals surface area contributed by atoms with Crippen LogP contribution in [0.1, 0.15) is 29.6 Å². The second-order valence-corrected chi connectivity index (χ2v) is 4.42. The Morgan fingerprint density at radius 3 is 3.00 bits per heavy atom. The van der Waals surface area contributed by atoms with E-state index >= 15 is 0 Å². The van der Waals surface area contributed by atoms with E-state index in [2.05, 4.69) is 10.3 Å². The van der Waals surface area contributed by atoms with E-state index in [1.165, 1.54) is 0 Å². The number of aliphatic hydroxyl groups is 1. The molecule has 98 valence electrons. The van der Waals surface area contributed by atoms with Crippen molar-refractivity contribution < 1.29 is 18.7 Å². The Morgan fingerprint density at radius 1 is 1.50 bits per heavy atom.